The lowest BCUT2D eigenvalue weighted by Crippen LogP contribution is -2.30. The highest BCUT2D eigenvalue weighted by molar-refractivity contribution is 6.30. The van der Waals surface area contributed by atoms with Gasteiger partial charge in [-0.3, -0.25) is 4.79 Å². The number of carbonyl (C=O) groups is 1. The summed E-state index contributed by atoms with van der Waals surface area (Å²) in [5.41, 5.74) is 0.997. The zero-order valence-corrected chi connectivity index (χ0v) is 14.4. The Morgan fingerprint density at radius 2 is 1.75 bits per heavy atom. The Hall–Kier alpha value is -2.40. The van der Waals surface area contributed by atoms with E-state index in [1.165, 1.54) is 0 Å². The van der Waals surface area contributed by atoms with E-state index in [-0.39, 0.29) is 12.5 Å². The molecular formula is C18H20ClNO4. The molecule has 0 radical (unpaired) electrons. The Morgan fingerprint density at radius 3 is 2.42 bits per heavy atom. The van der Waals surface area contributed by atoms with Gasteiger partial charge in [-0.05, 0) is 42.3 Å². The lowest BCUT2D eigenvalue weighted by molar-refractivity contribution is -0.123. The summed E-state index contributed by atoms with van der Waals surface area (Å²) in [5, 5.41) is 3.44. The third-order valence-corrected chi connectivity index (χ3v) is 3.65. The summed E-state index contributed by atoms with van der Waals surface area (Å²) in [7, 11) is 3.21. The zero-order chi connectivity index (χ0) is 17.4. The van der Waals surface area contributed by atoms with Crippen LogP contribution in [0.15, 0.2) is 42.5 Å². The number of carbonyl (C=O) groups excluding carboxylic acids is 1. The van der Waals surface area contributed by atoms with Crippen LogP contribution in [0.2, 0.25) is 5.02 Å². The van der Waals surface area contributed by atoms with Crippen molar-refractivity contribution in [3.63, 3.8) is 0 Å². The van der Waals surface area contributed by atoms with E-state index in [0.717, 1.165) is 17.1 Å². The fourth-order valence-corrected chi connectivity index (χ4v) is 2.25. The number of methoxy groups -OCH3 is 2. The first-order chi connectivity index (χ1) is 11.6. The number of benzene rings is 2. The van der Waals surface area contributed by atoms with Crippen molar-refractivity contribution in [3.05, 3.63) is 53.1 Å². The third kappa shape index (κ3) is 5.35. The van der Waals surface area contributed by atoms with Gasteiger partial charge in [0.05, 0.1) is 14.2 Å². The van der Waals surface area contributed by atoms with E-state index in [2.05, 4.69) is 5.32 Å². The van der Waals surface area contributed by atoms with Crippen molar-refractivity contribution in [2.45, 2.75) is 6.42 Å². The summed E-state index contributed by atoms with van der Waals surface area (Å²) >= 11 is 5.79. The van der Waals surface area contributed by atoms with Gasteiger partial charge in [0.1, 0.15) is 17.2 Å². The lowest BCUT2D eigenvalue weighted by atomic mass is 10.1. The van der Waals surface area contributed by atoms with Crippen LogP contribution in [0.1, 0.15) is 5.56 Å². The second kappa shape index (κ2) is 9.03. The molecule has 0 aliphatic rings. The van der Waals surface area contributed by atoms with E-state index < -0.39 is 0 Å². The van der Waals surface area contributed by atoms with Crippen LogP contribution in [-0.4, -0.2) is 33.3 Å². The van der Waals surface area contributed by atoms with Crippen molar-refractivity contribution in [1.82, 2.24) is 5.32 Å². The first kappa shape index (κ1) is 17.9. The smallest absolute Gasteiger partial charge is 0.257 e. The highest BCUT2D eigenvalue weighted by Crippen LogP contribution is 2.24. The Labute approximate surface area is 146 Å². The van der Waals surface area contributed by atoms with Crippen LogP contribution in [0.25, 0.3) is 0 Å². The van der Waals surface area contributed by atoms with Crippen LogP contribution >= 0.6 is 11.6 Å². The van der Waals surface area contributed by atoms with Gasteiger partial charge in [-0.15, -0.1) is 0 Å². The molecule has 0 spiro atoms. The Kier molecular flexibility index (Phi) is 6.75. The summed E-state index contributed by atoms with van der Waals surface area (Å²) in [6.45, 7) is 0.451. The molecule has 6 heteroatoms. The zero-order valence-electron chi connectivity index (χ0n) is 13.7. The van der Waals surface area contributed by atoms with Crippen LogP contribution in [0.5, 0.6) is 17.2 Å². The average Bonchev–Trinajstić information content (AvgIpc) is 2.61. The fourth-order valence-electron chi connectivity index (χ4n) is 2.13. The molecule has 0 saturated carbocycles. The van der Waals surface area contributed by atoms with Gasteiger partial charge in [-0.1, -0.05) is 17.7 Å². The van der Waals surface area contributed by atoms with Crippen molar-refractivity contribution in [1.29, 1.82) is 0 Å². The largest absolute Gasteiger partial charge is 0.497 e. The second-order valence-corrected chi connectivity index (χ2v) is 5.46. The molecule has 0 aromatic heterocycles. The fraction of sp³-hybridized carbons (Fsp3) is 0.278. The molecule has 5 nitrogen and oxygen atoms in total. The minimum Gasteiger partial charge on any atom is -0.497 e. The maximum atomic E-state index is 11.8. The van der Waals surface area contributed by atoms with E-state index in [4.69, 9.17) is 25.8 Å². The topological polar surface area (TPSA) is 56.8 Å². The minimum absolute atomic E-state index is 0.0403. The molecule has 0 aliphatic heterocycles. The van der Waals surface area contributed by atoms with E-state index >= 15 is 0 Å². The molecule has 2 aromatic carbocycles. The predicted molar refractivity (Wildman–Crippen MR) is 93.2 cm³/mol. The second-order valence-electron chi connectivity index (χ2n) is 5.02. The number of hydrogen-bond acceptors (Lipinski definition) is 4. The lowest BCUT2D eigenvalue weighted by Gasteiger charge is -2.11. The van der Waals surface area contributed by atoms with E-state index in [9.17, 15) is 4.79 Å². The van der Waals surface area contributed by atoms with E-state index in [1.54, 1.807) is 38.5 Å². The number of hydrogen-bond donors (Lipinski definition) is 1. The summed E-state index contributed by atoms with van der Waals surface area (Å²) in [6.07, 6.45) is 0.653. The molecule has 2 rings (SSSR count). The molecule has 0 heterocycles. The molecule has 0 saturated heterocycles. The maximum Gasteiger partial charge on any atom is 0.257 e. The van der Waals surface area contributed by atoms with Gasteiger partial charge < -0.3 is 19.5 Å². The van der Waals surface area contributed by atoms with Crippen LogP contribution in [-0.2, 0) is 11.2 Å². The van der Waals surface area contributed by atoms with Crippen molar-refractivity contribution in [2.24, 2.45) is 0 Å². The number of rotatable bonds is 8. The van der Waals surface area contributed by atoms with E-state index in [0.29, 0.717) is 23.7 Å². The van der Waals surface area contributed by atoms with Crippen molar-refractivity contribution in [3.8, 4) is 17.2 Å². The van der Waals surface area contributed by atoms with Gasteiger partial charge in [0.15, 0.2) is 6.61 Å². The number of halogens is 1. The molecule has 128 valence electrons. The predicted octanol–water partition coefficient (Wildman–Crippen LogP) is 3.09. The van der Waals surface area contributed by atoms with Crippen LogP contribution < -0.4 is 19.5 Å². The van der Waals surface area contributed by atoms with E-state index in [1.807, 2.05) is 18.2 Å². The minimum atomic E-state index is -0.183. The summed E-state index contributed by atoms with van der Waals surface area (Å²) in [4.78, 5) is 11.8. The quantitative estimate of drug-likeness (QED) is 0.795. The standard InChI is InChI=1S/C18H20ClNO4/c1-22-16-6-3-13(17(11-16)23-2)9-10-20-18(21)12-24-15-7-4-14(19)5-8-15/h3-8,11H,9-10,12H2,1-2H3,(H,20,21). The number of amides is 1. The molecule has 0 bridgehead atoms. The SMILES string of the molecule is COc1ccc(CCNC(=O)COc2ccc(Cl)cc2)c(OC)c1. The van der Waals surface area contributed by atoms with Crippen LogP contribution in [0, 0.1) is 0 Å². The normalized spacial score (nSPS) is 10.1. The third-order valence-electron chi connectivity index (χ3n) is 3.39. The summed E-state index contributed by atoms with van der Waals surface area (Å²) in [6, 6.07) is 12.5. The van der Waals surface area contributed by atoms with Crippen LogP contribution in [0.4, 0.5) is 0 Å². The highest BCUT2D eigenvalue weighted by atomic mass is 35.5. The molecule has 1 amide bonds. The number of nitrogens with one attached hydrogen (secondary N) is 1. The monoisotopic (exact) mass is 349 g/mol. The Bertz CT molecular complexity index is 673. The van der Waals surface area contributed by atoms with Gasteiger partial charge in [0.2, 0.25) is 0 Å². The number of ether oxygens (including phenoxy) is 3. The first-order valence-electron chi connectivity index (χ1n) is 7.48. The van der Waals surface area contributed by atoms with Crippen molar-refractivity contribution in [2.75, 3.05) is 27.4 Å². The van der Waals surface area contributed by atoms with Crippen molar-refractivity contribution >= 4 is 17.5 Å². The van der Waals surface area contributed by atoms with Gasteiger partial charge in [-0.25, -0.2) is 0 Å². The Balaban J connectivity index is 1.77. The molecular weight excluding hydrogens is 330 g/mol. The molecule has 2 aromatic rings. The molecule has 0 atom stereocenters. The summed E-state index contributed by atoms with van der Waals surface area (Å²) < 4.78 is 15.9. The van der Waals surface area contributed by atoms with Gasteiger partial charge in [0, 0.05) is 17.6 Å². The highest BCUT2D eigenvalue weighted by Gasteiger charge is 2.07. The van der Waals surface area contributed by atoms with Gasteiger partial charge in [-0.2, -0.15) is 0 Å². The molecule has 1 N–H and O–H groups in total. The van der Waals surface area contributed by atoms with Crippen LogP contribution in [0.3, 0.4) is 0 Å². The molecule has 0 fully saturated rings. The molecule has 0 unspecified atom stereocenters. The molecule has 0 aliphatic carbocycles. The Morgan fingerprint density at radius 1 is 1.04 bits per heavy atom. The summed E-state index contributed by atoms with van der Waals surface area (Å²) in [5.74, 6) is 1.89. The van der Waals surface area contributed by atoms with Gasteiger partial charge in [0.25, 0.3) is 5.91 Å². The van der Waals surface area contributed by atoms with Crippen molar-refractivity contribution < 1.29 is 19.0 Å². The van der Waals surface area contributed by atoms with Gasteiger partial charge >= 0.3 is 0 Å². The molecule has 24 heavy (non-hydrogen) atoms. The maximum absolute atomic E-state index is 11.8. The average molecular weight is 350 g/mol. The first-order valence-corrected chi connectivity index (χ1v) is 7.86.